The number of amides is 1. The fraction of sp³-hybridized carbons (Fsp3) is 0.235. The molecular formula is C17H18N6O3. The second kappa shape index (κ2) is 7.18. The Bertz CT molecular complexity index is 932. The number of carbonyl (C=O) groups is 1. The summed E-state index contributed by atoms with van der Waals surface area (Å²) in [5.41, 5.74) is 1.87. The number of hydrogen-bond donors (Lipinski definition) is 1. The lowest BCUT2D eigenvalue weighted by Crippen LogP contribution is -2.25. The van der Waals surface area contributed by atoms with Gasteiger partial charge in [0.2, 0.25) is 5.91 Å². The van der Waals surface area contributed by atoms with E-state index >= 15 is 0 Å². The molecule has 0 bridgehead atoms. The lowest BCUT2D eigenvalue weighted by molar-refractivity contribution is -0.385. The van der Waals surface area contributed by atoms with Crippen molar-refractivity contribution in [3.8, 4) is 0 Å². The molecule has 26 heavy (non-hydrogen) atoms. The number of aromatic nitrogens is 4. The first-order valence-electron chi connectivity index (χ1n) is 8.01. The molecule has 1 amide bonds. The second-order valence-electron chi connectivity index (χ2n) is 5.89. The predicted molar refractivity (Wildman–Crippen MR) is 94.7 cm³/mol. The van der Waals surface area contributed by atoms with Gasteiger partial charge in [-0.05, 0) is 37.6 Å². The normalized spacial score (nSPS) is 11.9. The molecule has 0 radical (unpaired) electrons. The molecule has 0 aliphatic rings. The Labute approximate surface area is 149 Å². The number of nitro groups is 1. The summed E-state index contributed by atoms with van der Waals surface area (Å²) in [6.07, 6.45) is 4.73. The molecule has 1 aromatic carbocycles. The highest BCUT2D eigenvalue weighted by molar-refractivity contribution is 5.93. The van der Waals surface area contributed by atoms with Gasteiger partial charge in [0.05, 0.1) is 11.5 Å². The number of hydrogen-bond acceptors (Lipinski definition) is 5. The SMILES string of the molecule is Cc1c([N+](=O)[O-])cnn1C(C)C(=O)Nc1cccc(Cn2cccn2)c1. The summed E-state index contributed by atoms with van der Waals surface area (Å²) in [7, 11) is 0. The molecule has 9 nitrogen and oxygen atoms in total. The Morgan fingerprint density at radius 2 is 2.15 bits per heavy atom. The lowest BCUT2D eigenvalue weighted by Gasteiger charge is -2.14. The molecule has 2 heterocycles. The molecule has 1 unspecified atom stereocenters. The zero-order valence-corrected chi connectivity index (χ0v) is 14.4. The monoisotopic (exact) mass is 354 g/mol. The van der Waals surface area contributed by atoms with Crippen LogP contribution in [0.3, 0.4) is 0 Å². The highest BCUT2D eigenvalue weighted by Gasteiger charge is 2.23. The molecule has 0 fully saturated rings. The minimum Gasteiger partial charge on any atom is -0.324 e. The maximum Gasteiger partial charge on any atom is 0.309 e. The number of benzene rings is 1. The maximum absolute atomic E-state index is 12.5. The molecule has 134 valence electrons. The first-order chi connectivity index (χ1) is 12.5. The Balaban J connectivity index is 1.72. The Hall–Kier alpha value is -3.49. The van der Waals surface area contributed by atoms with Crippen LogP contribution in [0.4, 0.5) is 11.4 Å². The highest BCUT2D eigenvalue weighted by Crippen LogP contribution is 2.21. The number of nitrogens with zero attached hydrogens (tertiary/aromatic N) is 5. The zero-order valence-electron chi connectivity index (χ0n) is 14.4. The van der Waals surface area contributed by atoms with Gasteiger partial charge in [0, 0.05) is 18.1 Å². The summed E-state index contributed by atoms with van der Waals surface area (Å²) < 4.78 is 3.14. The summed E-state index contributed by atoms with van der Waals surface area (Å²) >= 11 is 0. The van der Waals surface area contributed by atoms with Crippen LogP contribution in [0, 0.1) is 17.0 Å². The van der Waals surface area contributed by atoms with Crippen LogP contribution in [0.5, 0.6) is 0 Å². The van der Waals surface area contributed by atoms with Crippen molar-refractivity contribution in [3.05, 3.63) is 70.3 Å². The van der Waals surface area contributed by atoms with Crippen LogP contribution < -0.4 is 5.32 Å². The van der Waals surface area contributed by atoms with Crippen molar-refractivity contribution in [2.45, 2.75) is 26.4 Å². The molecule has 1 atom stereocenters. The van der Waals surface area contributed by atoms with E-state index in [0.717, 1.165) is 11.8 Å². The van der Waals surface area contributed by atoms with Crippen LogP contribution in [0.1, 0.15) is 24.2 Å². The van der Waals surface area contributed by atoms with Crippen molar-refractivity contribution in [2.24, 2.45) is 0 Å². The van der Waals surface area contributed by atoms with E-state index in [1.807, 2.05) is 30.5 Å². The summed E-state index contributed by atoms with van der Waals surface area (Å²) in [5, 5.41) is 21.9. The van der Waals surface area contributed by atoms with Gasteiger partial charge in [-0.25, -0.2) is 0 Å². The molecule has 0 aliphatic carbocycles. The van der Waals surface area contributed by atoms with Crippen molar-refractivity contribution in [3.63, 3.8) is 0 Å². The quantitative estimate of drug-likeness (QED) is 0.540. The molecule has 3 rings (SSSR count). The highest BCUT2D eigenvalue weighted by atomic mass is 16.6. The number of anilines is 1. The van der Waals surface area contributed by atoms with Crippen LogP contribution in [-0.2, 0) is 11.3 Å². The minimum atomic E-state index is -0.682. The summed E-state index contributed by atoms with van der Waals surface area (Å²) in [5.74, 6) is -0.303. The van der Waals surface area contributed by atoms with Gasteiger partial charge in [-0.1, -0.05) is 12.1 Å². The van der Waals surface area contributed by atoms with Gasteiger partial charge in [0.25, 0.3) is 0 Å². The van der Waals surface area contributed by atoms with Crippen molar-refractivity contribution in [2.75, 3.05) is 5.32 Å². The average molecular weight is 354 g/mol. The van der Waals surface area contributed by atoms with E-state index in [4.69, 9.17) is 0 Å². The van der Waals surface area contributed by atoms with Crippen LogP contribution in [-0.4, -0.2) is 30.4 Å². The minimum absolute atomic E-state index is 0.106. The fourth-order valence-electron chi connectivity index (χ4n) is 2.67. The standard InChI is InChI=1S/C17H18N6O3/c1-12-16(23(25)26)10-19-22(12)13(2)17(24)20-15-6-3-5-14(9-15)11-21-8-4-7-18-21/h3-10,13H,11H2,1-2H3,(H,20,24). The smallest absolute Gasteiger partial charge is 0.309 e. The molecule has 0 aliphatic heterocycles. The third-order valence-electron chi connectivity index (χ3n) is 4.06. The van der Waals surface area contributed by atoms with E-state index in [1.165, 1.54) is 4.68 Å². The van der Waals surface area contributed by atoms with Crippen LogP contribution in [0.2, 0.25) is 0 Å². The van der Waals surface area contributed by atoms with Gasteiger partial charge in [0.15, 0.2) is 0 Å². The molecule has 1 N–H and O–H groups in total. The molecule has 0 saturated heterocycles. The first-order valence-corrected chi connectivity index (χ1v) is 8.01. The van der Waals surface area contributed by atoms with Crippen LogP contribution in [0.25, 0.3) is 0 Å². The van der Waals surface area contributed by atoms with Crippen LogP contribution >= 0.6 is 0 Å². The average Bonchev–Trinajstić information content (AvgIpc) is 3.24. The van der Waals surface area contributed by atoms with Gasteiger partial charge < -0.3 is 5.32 Å². The molecular weight excluding hydrogens is 336 g/mol. The summed E-state index contributed by atoms with van der Waals surface area (Å²) in [6.45, 7) is 3.81. The van der Waals surface area contributed by atoms with Crippen molar-refractivity contribution in [1.82, 2.24) is 19.6 Å². The molecule has 3 aromatic rings. The van der Waals surface area contributed by atoms with Gasteiger partial charge >= 0.3 is 5.69 Å². The molecule has 0 saturated carbocycles. The predicted octanol–water partition coefficient (Wildman–Crippen LogP) is 2.54. The van der Waals surface area contributed by atoms with E-state index in [9.17, 15) is 14.9 Å². The lowest BCUT2D eigenvalue weighted by atomic mass is 10.2. The number of rotatable bonds is 6. The van der Waals surface area contributed by atoms with Crippen molar-refractivity contribution in [1.29, 1.82) is 0 Å². The Morgan fingerprint density at radius 1 is 1.35 bits per heavy atom. The topological polar surface area (TPSA) is 108 Å². The third kappa shape index (κ3) is 3.61. The molecule has 9 heteroatoms. The van der Waals surface area contributed by atoms with E-state index in [-0.39, 0.29) is 11.6 Å². The Kier molecular flexibility index (Phi) is 4.78. The van der Waals surface area contributed by atoms with Gasteiger partial charge in [-0.15, -0.1) is 0 Å². The van der Waals surface area contributed by atoms with Gasteiger partial charge in [0.1, 0.15) is 17.9 Å². The summed E-state index contributed by atoms with van der Waals surface area (Å²) in [4.78, 5) is 22.9. The van der Waals surface area contributed by atoms with E-state index in [0.29, 0.717) is 17.9 Å². The van der Waals surface area contributed by atoms with E-state index in [1.54, 1.807) is 30.8 Å². The fourth-order valence-corrected chi connectivity index (χ4v) is 2.67. The Morgan fingerprint density at radius 3 is 2.81 bits per heavy atom. The van der Waals surface area contributed by atoms with Crippen LogP contribution in [0.15, 0.2) is 48.9 Å². The largest absolute Gasteiger partial charge is 0.324 e. The summed E-state index contributed by atoms with van der Waals surface area (Å²) in [6, 6.07) is 8.61. The number of carbonyl (C=O) groups excluding carboxylic acids is 1. The van der Waals surface area contributed by atoms with Gasteiger partial charge in [-0.2, -0.15) is 10.2 Å². The number of nitrogens with one attached hydrogen (secondary N) is 1. The maximum atomic E-state index is 12.5. The molecule has 2 aromatic heterocycles. The van der Waals surface area contributed by atoms with Gasteiger partial charge in [-0.3, -0.25) is 24.3 Å². The molecule has 0 spiro atoms. The van der Waals surface area contributed by atoms with Crippen molar-refractivity contribution < 1.29 is 9.72 Å². The van der Waals surface area contributed by atoms with E-state index in [2.05, 4.69) is 15.5 Å². The van der Waals surface area contributed by atoms with Crippen molar-refractivity contribution >= 4 is 17.3 Å². The first kappa shape index (κ1) is 17.3. The second-order valence-corrected chi connectivity index (χ2v) is 5.89. The third-order valence-corrected chi connectivity index (χ3v) is 4.06. The van der Waals surface area contributed by atoms with E-state index < -0.39 is 11.0 Å². The zero-order chi connectivity index (χ0) is 18.7.